The van der Waals surface area contributed by atoms with Crippen molar-refractivity contribution in [1.82, 2.24) is 4.98 Å². The minimum absolute atomic E-state index is 0.0000111. The molecule has 2 N–H and O–H groups in total. The van der Waals surface area contributed by atoms with Crippen LogP contribution >= 0.6 is 0 Å². The first kappa shape index (κ1) is 28.9. The number of esters is 1. The van der Waals surface area contributed by atoms with Gasteiger partial charge in [0, 0.05) is 42.8 Å². The summed E-state index contributed by atoms with van der Waals surface area (Å²) in [7, 11) is 7.55. The Morgan fingerprint density at radius 3 is 2.35 bits per heavy atom. The molecule has 1 aromatic heterocycles. The number of nitrogens with zero attached hydrogens (tertiary/aromatic N) is 1. The Morgan fingerprint density at radius 1 is 0.977 bits per heavy atom. The van der Waals surface area contributed by atoms with E-state index in [1.807, 2.05) is 12.1 Å². The van der Waals surface area contributed by atoms with E-state index >= 15 is 0 Å². The lowest BCUT2D eigenvalue weighted by Gasteiger charge is -2.45. The van der Waals surface area contributed by atoms with E-state index in [9.17, 15) is 14.7 Å². The maximum absolute atomic E-state index is 13.4. The van der Waals surface area contributed by atoms with Crippen molar-refractivity contribution in [2.45, 2.75) is 31.5 Å². The average molecular weight is 594 g/mol. The van der Waals surface area contributed by atoms with Crippen LogP contribution in [-0.4, -0.2) is 93.2 Å². The van der Waals surface area contributed by atoms with Crippen LogP contribution in [0.5, 0.6) is 23.0 Å². The Bertz CT molecular complexity index is 1580. The van der Waals surface area contributed by atoms with Gasteiger partial charge in [-0.25, -0.2) is 9.37 Å². The van der Waals surface area contributed by atoms with E-state index in [0.29, 0.717) is 36.6 Å². The van der Waals surface area contributed by atoms with Crippen LogP contribution < -0.4 is 18.9 Å². The van der Waals surface area contributed by atoms with Gasteiger partial charge in [-0.15, -0.1) is 0 Å². The van der Waals surface area contributed by atoms with Crippen molar-refractivity contribution in [1.29, 1.82) is 0 Å². The number of aliphatic carboxylic acids is 1. The molecule has 0 unspecified atom stereocenters. The summed E-state index contributed by atoms with van der Waals surface area (Å²) in [5.74, 6) is -0.836. The first-order valence-corrected chi connectivity index (χ1v) is 14.4. The lowest BCUT2D eigenvalue weighted by molar-refractivity contribution is -0.545. The van der Waals surface area contributed by atoms with Crippen molar-refractivity contribution in [3.63, 3.8) is 0 Å². The highest BCUT2D eigenvalue weighted by atomic mass is 16.6. The predicted octanol–water partition coefficient (Wildman–Crippen LogP) is 3.54. The van der Waals surface area contributed by atoms with Crippen molar-refractivity contribution in [3.8, 4) is 23.0 Å². The van der Waals surface area contributed by atoms with Crippen LogP contribution in [0.3, 0.4) is 0 Å². The van der Waals surface area contributed by atoms with Crippen LogP contribution in [0.1, 0.15) is 34.5 Å². The lowest BCUT2D eigenvalue weighted by Crippen LogP contribution is -2.57. The third kappa shape index (κ3) is 4.85. The van der Waals surface area contributed by atoms with Crippen molar-refractivity contribution < 1.29 is 47.7 Å². The zero-order valence-electron chi connectivity index (χ0n) is 25.0. The van der Waals surface area contributed by atoms with Gasteiger partial charge in [0.15, 0.2) is 17.2 Å². The highest BCUT2D eigenvalue weighted by Crippen LogP contribution is 2.45. The Morgan fingerprint density at radius 2 is 1.72 bits per heavy atom. The van der Waals surface area contributed by atoms with E-state index < -0.39 is 30.1 Å². The molecule has 11 nitrogen and oxygen atoms in total. The first-order valence-electron chi connectivity index (χ1n) is 14.4. The number of hydrogen-bond donors (Lipinski definition) is 2. The Labute approximate surface area is 249 Å². The molecule has 1 saturated carbocycles. The SMILES string of the molecule is COc1ccc2c3c([nH]c2c1)C1=[N+](CC3)C[C@H]2C[C@@H](OC(=O)c3cc(OC)c(OC)c(OC)c3)[C@H](OC)[C@@H](C(=O)O)[C@H]2C1. The maximum Gasteiger partial charge on any atom is 0.338 e. The summed E-state index contributed by atoms with van der Waals surface area (Å²) in [4.78, 5) is 29.9. The molecule has 5 atom stereocenters. The molecule has 1 fully saturated rings. The number of carboxylic acids is 1. The molecule has 0 bridgehead atoms. The average Bonchev–Trinajstić information content (AvgIpc) is 3.40. The largest absolute Gasteiger partial charge is 0.497 e. The molecule has 0 spiro atoms. The van der Waals surface area contributed by atoms with Crippen molar-refractivity contribution in [3.05, 3.63) is 47.2 Å². The van der Waals surface area contributed by atoms with Crippen LogP contribution in [-0.2, 0) is 20.7 Å². The quantitative estimate of drug-likeness (QED) is 0.298. The monoisotopic (exact) mass is 593 g/mol. The first-order chi connectivity index (χ1) is 20.8. The number of fused-ring (bicyclic) bond motifs is 5. The molecule has 0 saturated heterocycles. The topological polar surface area (TPSA) is 129 Å². The van der Waals surface area contributed by atoms with Gasteiger partial charge < -0.3 is 38.5 Å². The molecule has 6 rings (SSSR count). The number of hydrogen-bond acceptors (Lipinski definition) is 8. The summed E-state index contributed by atoms with van der Waals surface area (Å²) < 4.78 is 35.8. The molecular weight excluding hydrogens is 556 g/mol. The second-order valence-corrected chi connectivity index (χ2v) is 11.3. The van der Waals surface area contributed by atoms with Gasteiger partial charge in [-0.05, 0) is 42.2 Å². The molecule has 0 amide bonds. The normalized spacial score (nSPS) is 24.4. The van der Waals surface area contributed by atoms with E-state index in [0.717, 1.165) is 41.0 Å². The van der Waals surface area contributed by atoms with Gasteiger partial charge in [0.05, 0.1) is 39.9 Å². The van der Waals surface area contributed by atoms with Crippen LogP contribution in [0.25, 0.3) is 10.9 Å². The fraction of sp³-hybridized carbons (Fsp3) is 0.469. The van der Waals surface area contributed by atoms with E-state index in [-0.39, 0.29) is 17.4 Å². The lowest BCUT2D eigenvalue weighted by atomic mass is 9.65. The summed E-state index contributed by atoms with van der Waals surface area (Å²) in [6.07, 6.45) is 0.397. The number of rotatable bonds is 8. The fourth-order valence-corrected chi connectivity index (χ4v) is 7.37. The zero-order valence-corrected chi connectivity index (χ0v) is 25.0. The van der Waals surface area contributed by atoms with Gasteiger partial charge in [-0.3, -0.25) is 4.79 Å². The third-order valence-corrected chi connectivity index (χ3v) is 9.34. The summed E-state index contributed by atoms with van der Waals surface area (Å²) >= 11 is 0. The molecule has 228 valence electrons. The van der Waals surface area contributed by atoms with Crippen molar-refractivity contribution in [2.75, 3.05) is 48.6 Å². The Hall–Kier alpha value is -4.25. The Balaban J connectivity index is 1.31. The predicted molar refractivity (Wildman–Crippen MR) is 156 cm³/mol. The number of nitrogens with one attached hydrogen (secondary N) is 1. The van der Waals surface area contributed by atoms with Crippen molar-refractivity contribution in [2.24, 2.45) is 17.8 Å². The number of methoxy groups -OCH3 is 5. The van der Waals surface area contributed by atoms with Gasteiger partial charge in [0.25, 0.3) is 0 Å². The van der Waals surface area contributed by atoms with E-state index in [1.54, 1.807) is 7.11 Å². The number of aromatic amines is 1. The number of aromatic nitrogens is 1. The molecule has 1 aliphatic carbocycles. The fourth-order valence-electron chi connectivity index (χ4n) is 7.37. The molecule has 43 heavy (non-hydrogen) atoms. The summed E-state index contributed by atoms with van der Waals surface area (Å²) in [6, 6.07) is 9.09. The minimum atomic E-state index is -0.957. The van der Waals surface area contributed by atoms with Gasteiger partial charge in [-0.2, -0.15) is 0 Å². The Kier molecular flexibility index (Phi) is 7.68. The molecule has 2 aromatic carbocycles. The molecule has 3 aromatic rings. The molecular formula is C32H37N2O9+. The summed E-state index contributed by atoms with van der Waals surface area (Å²) in [6.45, 7) is 1.52. The number of ether oxygens (including phenoxy) is 6. The van der Waals surface area contributed by atoms with Gasteiger partial charge in [0.2, 0.25) is 5.75 Å². The zero-order chi connectivity index (χ0) is 30.4. The van der Waals surface area contributed by atoms with Gasteiger partial charge in [0.1, 0.15) is 36.7 Å². The standard InChI is InChI=1S/C32H36N2O9/c1-38-18-6-7-19-20-8-9-34-15-17-12-26(43-32(37)16-10-24(39-2)29(41-4)25(11-16)40-3)30(42-5)27(31(35)36)21(17)14-23(34)28(20)33-22(19)13-18/h6-7,10-11,13,17,21,26-27,30H,8-9,12,14-15H2,1-5H3,(H,35,36)/p+1/t17-,21+,26-,27+,30+/m1/s1. The van der Waals surface area contributed by atoms with E-state index in [1.165, 1.54) is 46.1 Å². The second kappa shape index (κ2) is 11.4. The van der Waals surface area contributed by atoms with Crippen molar-refractivity contribution >= 4 is 28.6 Å². The summed E-state index contributed by atoms with van der Waals surface area (Å²) in [5.41, 5.74) is 4.67. The molecule has 3 heterocycles. The van der Waals surface area contributed by atoms with Crippen LogP contribution in [0.15, 0.2) is 30.3 Å². The highest BCUT2D eigenvalue weighted by molar-refractivity contribution is 6.04. The van der Waals surface area contributed by atoms with Crippen LogP contribution in [0.4, 0.5) is 0 Å². The third-order valence-electron chi connectivity index (χ3n) is 9.34. The van der Waals surface area contributed by atoms with E-state index in [4.69, 9.17) is 28.4 Å². The minimum Gasteiger partial charge on any atom is -0.497 e. The molecule has 11 heteroatoms. The van der Waals surface area contributed by atoms with Gasteiger partial charge >= 0.3 is 11.9 Å². The molecule has 3 aliphatic rings. The highest BCUT2D eigenvalue weighted by Gasteiger charge is 2.55. The van der Waals surface area contributed by atoms with E-state index in [2.05, 4.69) is 15.6 Å². The second-order valence-electron chi connectivity index (χ2n) is 11.3. The molecule has 2 aliphatic heterocycles. The summed E-state index contributed by atoms with van der Waals surface area (Å²) in [5, 5.41) is 11.7. The molecule has 0 radical (unpaired) electrons. The smallest absolute Gasteiger partial charge is 0.338 e. The maximum atomic E-state index is 13.4. The van der Waals surface area contributed by atoms with Crippen LogP contribution in [0.2, 0.25) is 0 Å². The number of carbonyl (C=O) groups excluding carboxylic acids is 1. The van der Waals surface area contributed by atoms with Crippen LogP contribution in [0, 0.1) is 17.8 Å². The van der Waals surface area contributed by atoms with Gasteiger partial charge in [-0.1, -0.05) is 0 Å². The number of H-pyrrole nitrogens is 1. The number of benzene rings is 2. The number of carbonyl (C=O) groups is 2. The number of carboxylic acid groups (broad SMARTS) is 1.